The van der Waals surface area contributed by atoms with Gasteiger partial charge in [0.05, 0.1) is 19.2 Å². The van der Waals surface area contributed by atoms with Gasteiger partial charge >= 0.3 is 0 Å². The minimum absolute atomic E-state index is 0.0750. The lowest BCUT2D eigenvalue weighted by Gasteiger charge is -2.14. The third kappa shape index (κ3) is 4.68. The third-order valence-corrected chi connectivity index (χ3v) is 3.16. The first-order valence-corrected chi connectivity index (χ1v) is 6.18. The van der Waals surface area contributed by atoms with Crippen molar-refractivity contribution < 1.29 is 4.74 Å². The number of ether oxygens (including phenoxy) is 1. The molecule has 1 atom stereocenters. The molecule has 7 heteroatoms. The second-order valence-corrected chi connectivity index (χ2v) is 4.81. The Morgan fingerprint density at radius 3 is 3.00 bits per heavy atom. The van der Waals surface area contributed by atoms with Gasteiger partial charge in [0.1, 0.15) is 5.01 Å². The highest BCUT2D eigenvalue weighted by atomic mass is 32.1. The van der Waals surface area contributed by atoms with E-state index < -0.39 is 0 Å². The average Bonchev–Trinajstić information content (AvgIpc) is 2.74. The molecule has 17 heavy (non-hydrogen) atoms. The molecule has 0 spiro atoms. The number of nitrogens with zero attached hydrogens (tertiary/aromatic N) is 2. The molecule has 1 aromatic heterocycles. The van der Waals surface area contributed by atoms with Gasteiger partial charge in [-0.25, -0.2) is 15.8 Å². The minimum atomic E-state index is 0.0750. The summed E-state index contributed by atoms with van der Waals surface area (Å²) in [4.78, 5) is 9.72. The number of aromatic nitrogens is 1. The SMILES string of the molecule is COCCN=C(NN)NC(C)c1ncc(C)s1. The fourth-order valence-electron chi connectivity index (χ4n) is 1.22. The predicted molar refractivity (Wildman–Crippen MR) is 69.9 cm³/mol. The molecule has 1 unspecified atom stereocenters. The van der Waals surface area contributed by atoms with Crippen molar-refractivity contribution in [1.29, 1.82) is 0 Å². The summed E-state index contributed by atoms with van der Waals surface area (Å²) in [5, 5.41) is 4.17. The van der Waals surface area contributed by atoms with Crippen molar-refractivity contribution in [3.8, 4) is 0 Å². The molecular formula is C10H19N5OS. The van der Waals surface area contributed by atoms with Crippen LogP contribution < -0.4 is 16.6 Å². The van der Waals surface area contributed by atoms with Crippen molar-refractivity contribution >= 4 is 17.3 Å². The van der Waals surface area contributed by atoms with Crippen molar-refractivity contribution in [3.63, 3.8) is 0 Å². The molecule has 4 N–H and O–H groups in total. The Balaban J connectivity index is 2.53. The number of nitrogens with two attached hydrogens (primary N) is 1. The fraction of sp³-hybridized carbons (Fsp3) is 0.600. The Labute approximate surface area is 105 Å². The maximum Gasteiger partial charge on any atom is 0.206 e. The lowest BCUT2D eigenvalue weighted by Crippen LogP contribution is -2.42. The molecule has 0 saturated carbocycles. The number of aliphatic imine (C=N–C) groups is 1. The van der Waals surface area contributed by atoms with Crippen LogP contribution in [0.4, 0.5) is 0 Å². The van der Waals surface area contributed by atoms with Gasteiger partial charge in [0.2, 0.25) is 5.96 Å². The van der Waals surface area contributed by atoms with Gasteiger partial charge in [-0.1, -0.05) is 0 Å². The Kier molecular flexibility index (Phi) is 5.88. The zero-order valence-corrected chi connectivity index (χ0v) is 11.2. The van der Waals surface area contributed by atoms with Crippen molar-refractivity contribution in [1.82, 2.24) is 15.7 Å². The molecule has 0 amide bonds. The quantitative estimate of drug-likeness (QED) is 0.236. The molecule has 0 bridgehead atoms. The highest BCUT2D eigenvalue weighted by molar-refractivity contribution is 7.11. The van der Waals surface area contributed by atoms with E-state index >= 15 is 0 Å². The maximum absolute atomic E-state index is 5.39. The number of hydrogen-bond acceptors (Lipinski definition) is 5. The summed E-state index contributed by atoms with van der Waals surface area (Å²) >= 11 is 1.65. The highest BCUT2D eigenvalue weighted by Crippen LogP contribution is 2.18. The molecule has 6 nitrogen and oxygen atoms in total. The molecule has 0 fully saturated rings. The Bertz CT molecular complexity index is 365. The van der Waals surface area contributed by atoms with Crippen molar-refractivity contribution in [3.05, 3.63) is 16.1 Å². The lowest BCUT2D eigenvalue weighted by atomic mass is 10.3. The normalized spacial score (nSPS) is 13.5. The second kappa shape index (κ2) is 7.21. The smallest absolute Gasteiger partial charge is 0.206 e. The number of rotatable bonds is 5. The average molecular weight is 257 g/mol. The molecule has 96 valence electrons. The number of aryl methyl sites for hydroxylation is 1. The summed E-state index contributed by atoms with van der Waals surface area (Å²) < 4.78 is 4.92. The first kappa shape index (κ1) is 13.9. The van der Waals surface area contributed by atoms with Gasteiger partial charge < -0.3 is 10.1 Å². The predicted octanol–water partition coefficient (Wildman–Crippen LogP) is 0.568. The zero-order valence-electron chi connectivity index (χ0n) is 10.4. The van der Waals surface area contributed by atoms with Crippen LogP contribution >= 0.6 is 11.3 Å². The van der Waals surface area contributed by atoms with Crippen LogP contribution in [-0.2, 0) is 4.74 Å². The molecule has 1 rings (SSSR count). The number of hydrazine groups is 1. The summed E-state index contributed by atoms with van der Waals surface area (Å²) in [6, 6.07) is 0.0750. The van der Waals surface area contributed by atoms with E-state index in [1.807, 2.05) is 20.0 Å². The van der Waals surface area contributed by atoms with Crippen LogP contribution in [0.25, 0.3) is 0 Å². The summed E-state index contributed by atoms with van der Waals surface area (Å²) in [7, 11) is 1.64. The molecular weight excluding hydrogens is 238 g/mol. The van der Waals surface area contributed by atoms with Gasteiger partial charge in [-0.05, 0) is 13.8 Å². The monoisotopic (exact) mass is 257 g/mol. The number of nitrogens with one attached hydrogen (secondary N) is 2. The minimum Gasteiger partial charge on any atom is -0.383 e. The number of guanidine groups is 1. The third-order valence-electron chi connectivity index (χ3n) is 2.06. The number of hydrogen-bond donors (Lipinski definition) is 3. The molecule has 0 aliphatic heterocycles. The van der Waals surface area contributed by atoms with Crippen LogP contribution in [-0.4, -0.2) is 31.2 Å². The van der Waals surface area contributed by atoms with Crippen LogP contribution in [0.2, 0.25) is 0 Å². The second-order valence-electron chi connectivity index (χ2n) is 3.54. The Hall–Kier alpha value is -1.18. The zero-order chi connectivity index (χ0) is 12.7. The van der Waals surface area contributed by atoms with Crippen LogP contribution in [0.1, 0.15) is 22.9 Å². The van der Waals surface area contributed by atoms with E-state index in [1.165, 1.54) is 4.88 Å². The van der Waals surface area contributed by atoms with E-state index in [4.69, 9.17) is 10.6 Å². The summed E-state index contributed by atoms with van der Waals surface area (Å²) in [5.74, 6) is 5.93. The number of methoxy groups -OCH3 is 1. The van der Waals surface area contributed by atoms with Crippen molar-refractivity contribution in [2.24, 2.45) is 10.8 Å². The van der Waals surface area contributed by atoms with E-state index in [0.29, 0.717) is 19.1 Å². The largest absolute Gasteiger partial charge is 0.383 e. The van der Waals surface area contributed by atoms with Crippen molar-refractivity contribution in [2.45, 2.75) is 19.9 Å². The fourth-order valence-corrected chi connectivity index (χ4v) is 2.00. The van der Waals surface area contributed by atoms with E-state index in [-0.39, 0.29) is 6.04 Å². The van der Waals surface area contributed by atoms with Gasteiger partial charge in [0.15, 0.2) is 0 Å². The van der Waals surface area contributed by atoms with E-state index in [1.54, 1.807) is 18.4 Å². The molecule has 0 aliphatic carbocycles. The lowest BCUT2D eigenvalue weighted by molar-refractivity contribution is 0.208. The topological polar surface area (TPSA) is 84.6 Å². The molecule has 1 aromatic rings. The van der Waals surface area contributed by atoms with Crippen LogP contribution in [0, 0.1) is 6.92 Å². The molecule has 0 aliphatic rings. The summed E-state index contributed by atoms with van der Waals surface area (Å²) in [6.45, 7) is 5.17. The van der Waals surface area contributed by atoms with Crippen LogP contribution in [0.15, 0.2) is 11.2 Å². The standard InChI is InChI=1S/C10H19N5OS/c1-7-6-13-9(17-7)8(2)14-10(15-11)12-4-5-16-3/h6,8H,4-5,11H2,1-3H3,(H2,12,14,15). The van der Waals surface area contributed by atoms with Crippen LogP contribution in [0.5, 0.6) is 0 Å². The molecule has 0 saturated heterocycles. The van der Waals surface area contributed by atoms with Crippen molar-refractivity contribution in [2.75, 3.05) is 20.3 Å². The van der Waals surface area contributed by atoms with Gasteiger partial charge in [-0.3, -0.25) is 5.43 Å². The highest BCUT2D eigenvalue weighted by Gasteiger charge is 2.10. The van der Waals surface area contributed by atoms with Gasteiger partial charge in [0.25, 0.3) is 0 Å². The van der Waals surface area contributed by atoms with E-state index in [9.17, 15) is 0 Å². The van der Waals surface area contributed by atoms with Gasteiger partial charge in [-0.2, -0.15) is 0 Å². The molecule has 0 radical (unpaired) electrons. The number of thiazole rings is 1. The first-order chi connectivity index (χ1) is 8.17. The summed E-state index contributed by atoms with van der Waals surface area (Å²) in [6.07, 6.45) is 1.86. The molecule has 0 aromatic carbocycles. The Morgan fingerprint density at radius 2 is 2.47 bits per heavy atom. The molecule has 1 heterocycles. The maximum atomic E-state index is 5.39. The van der Waals surface area contributed by atoms with Gasteiger partial charge in [0, 0.05) is 18.2 Å². The van der Waals surface area contributed by atoms with E-state index in [2.05, 4.69) is 20.7 Å². The van der Waals surface area contributed by atoms with E-state index in [0.717, 1.165) is 5.01 Å². The Morgan fingerprint density at radius 1 is 1.71 bits per heavy atom. The van der Waals surface area contributed by atoms with Gasteiger partial charge in [-0.15, -0.1) is 11.3 Å². The summed E-state index contributed by atoms with van der Waals surface area (Å²) in [5.41, 5.74) is 2.53. The van der Waals surface area contributed by atoms with Crippen LogP contribution in [0.3, 0.4) is 0 Å². The first-order valence-electron chi connectivity index (χ1n) is 5.36.